The maximum atomic E-state index is 12.8. The molecule has 1 saturated carbocycles. The molecule has 132 valence electrons. The Balaban J connectivity index is 1.44. The summed E-state index contributed by atoms with van der Waals surface area (Å²) in [4.78, 5) is 19.0. The lowest BCUT2D eigenvalue weighted by molar-refractivity contribution is 0.0459. The molecule has 0 saturated heterocycles. The number of benzene rings is 1. The maximum Gasteiger partial charge on any atom is 0.275 e. The van der Waals surface area contributed by atoms with Crippen molar-refractivity contribution in [2.24, 2.45) is 0 Å². The highest BCUT2D eigenvalue weighted by Crippen LogP contribution is 2.39. The summed E-state index contributed by atoms with van der Waals surface area (Å²) in [5, 5.41) is 0. The van der Waals surface area contributed by atoms with E-state index in [1.165, 1.54) is 6.26 Å². The van der Waals surface area contributed by atoms with Crippen molar-refractivity contribution in [3.8, 4) is 11.5 Å². The van der Waals surface area contributed by atoms with Crippen LogP contribution in [0, 0.1) is 0 Å². The average Bonchev–Trinajstić information content (AvgIpc) is 3.37. The van der Waals surface area contributed by atoms with Gasteiger partial charge >= 0.3 is 0 Å². The van der Waals surface area contributed by atoms with Gasteiger partial charge in [-0.2, -0.15) is 0 Å². The zero-order chi connectivity index (χ0) is 17.2. The third kappa shape index (κ3) is 3.48. The van der Waals surface area contributed by atoms with Crippen molar-refractivity contribution in [2.75, 3.05) is 19.7 Å². The summed E-state index contributed by atoms with van der Waals surface area (Å²) in [6, 6.07) is 7.59. The Labute approximate surface area is 146 Å². The first-order valence-corrected chi connectivity index (χ1v) is 8.87. The van der Waals surface area contributed by atoms with Gasteiger partial charge in [-0.15, -0.1) is 0 Å². The molecule has 0 bridgehead atoms. The van der Waals surface area contributed by atoms with E-state index in [0.29, 0.717) is 37.2 Å². The van der Waals surface area contributed by atoms with E-state index in [4.69, 9.17) is 13.9 Å². The van der Waals surface area contributed by atoms with Gasteiger partial charge in [0.1, 0.15) is 12.9 Å². The highest BCUT2D eigenvalue weighted by molar-refractivity contribution is 5.92. The van der Waals surface area contributed by atoms with Crippen LogP contribution in [0.2, 0.25) is 0 Å². The molecule has 2 heterocycles. The second kappa shape index (κ2) is 6.78. The summed E-state index contributed by atoms with van der Waals surface area (Å²) >= 11 is 0. The van der Waals surface area contributed by atoms with Gasteiger partial charge in [0.05, 0.1) is 6.54 Å². The van der Waals surface area contributed by atoms with Gasteiger partial charge in [-0.1, -0.05) is 19.1 Å². The minimum atomic E-state index is -0.194. The monoisotopic (exact) mass is 342 g/mol. The van der Waals surface area contributed by atoms with Crippen molar-refractivity contribution in [1.29, 1.82) is 0 Å². The number of ether oxygens (including phenoxy) is 2. The van der Waals surface area contributed by atoms with Gasteiger partial charge in [0.15, 0.2) is 29.2 Å². The first-order valence-electron chi connectivity index (χ1n) is 8.87. The van der Waals surface area contributed by atoms with Crippen LogP contribution in [0.1, 0.15) is 48.5 Å². The third-order valence-corrected chi connectivity index (χ3v) is 4.44. The van der Waals surface area contributed by atoms with Crippen molar-refractivity contribution in [2.45, 2.75) is 38.2 Å². The lowest BCUT2D eigenvalue weighted by atomic mass is 10.2. The fraction of sp³-hybridized carbons (Fsp3) is 0.474. The van der Waals surface area contributed by atoms with Gasteiger partial charge in [0, 0.05) is 12.5 Å². The van der Waals surface area contributed by atoms with E-state index >= 15 is 0 Å². The number of fused-ring (bicyclic) bond motifs is 1. The molecule has 0 N–H and O–H groups in total. The van der Waals surface area contributed by atoms with E-state index < -0.39 is 0 Å². The van der Waals surface area contributed by atoms with Gasteiger partial charge in [-0.05, 0) is 31.4 Å². The van der Waals surface area contributed by atoms with Gasteiger partial charge < -0.3 is 18.8 Å². The SMILES string of the molecule is CCCN(CC1COc2ccccc2O1)C(=O)c1coc(C2CC2)n1. The number of nitrogens with zero attached hydrogens (tertiary/aromatic N) is 2. The highest BCUT2D eigenvalue weighted by Gasteiger charge is 2.31. The molecule has 1 fully saturated rings. The smallest absolute Gasteiger partial charge is 0.275 e. The lowest BCUT2D eigenvalue weighted by Gasteiger charge is -2.31. The summed E-state index contributed by atoms with van der Waals surface area (Å²) in [5.74, 6) is 2.44. The summed E-state index contributed by atoms with van der Waals surface area (Å²) in [6.45, 7) is 3.58. The molecule has 1 atom stereocenters. The average molecular weight is 342 g/mol. The molecule has 0 radical (unpaired) electrons. The summed E-state index contributed by atoms with van der Waals surface area (Å²) in [7, 11) is 0. The Morgan fingerprint density at radius 2 is 2.08 bits per heavy atom. The normalized spacial score (nSPS) is 18.8. The number of carbonyl (C=O) groups excluding carboxylic acids is 1. The zero-order valence-corrected chi connectivity index (χ0v) is 14.3. The first-order chi connectivity index (χ1) is 12.2. The van der Waals surface area contributed by atoms with E-state index in [1.54, 1.807) is 4.90 Å². The van der Waals surface area contributed by atoms with Gasteiger partial charge in [0.25, 0.3) is 5.91 Å². The van der Waals surface area contributed by atoms with Crippen LogP contribution in [-0.2, 0) is 0 Å². The second-order valence-corrected chi connectivity index (χ2v) is 6.59. The molecule has 2 aromatic rings. The van der Waals surface area contributed by atoms with Crippen LogP contribution in [0.4, 0.5) is 0 Å². The quantitative estimate of drug-likeness (QED) is 0.806. The number of oxazole rings is 1. The molecule has 6 nitrogen and oxygen atoms in total. The Morgan fingerprint density at radius 3 is 2.84 bits per heavy atom. The fourth-order valence-electron chi connectivity index (χ4n) is 3.01. The summed E-state index contributed by atoms with van der Waals surface area (Å²) in [6.07, 6.45) is 4.34. The van der Waals surface area contributed by atoms with Crippen LogP contribution in [-0.4, -0.2) is 41.6 Å². The van der Waals surface area contributed by atoms with Gasteiger partial charge in [0.2, 0.25) is 0 Å². The number of hydrogen-bond acceptors (Lipinski definition) is 5. The Kier molecular flexibility index (Phi) is 4.34. The van der Waals surface area contributed by atoms with Crippen LogP contribution < -0.4 is 9.47 Å². The highest BCUT2D eigenvalue weighted by atomic mass is 16.6. The van der Waals surface area contributed by atoms with Crippen LogP contribution in [0.15, 0.2) is 34.9 Å². The molecule has 1 amide bonds. The fourth-order valence-corrected chi connectivity index (χ4v) is 3.01. The molecule has 2 aliphatic rings. The maximum absolute atomic E-state index is 12.8. The lowest BCUT2D eigenvalue weighted by Crippen LogP contribution is -2.44. The van der Waals surface area contributed by atoms with E-state index in [1.807, 2.05) is 31.2 Å². The van der Waals surface area contributed by atoms with Crippen LogP contribution in [0.5, 0.6) is 11.5 Å². The topological polar surface area (TPSA) is 64.8 Å². The molecule has 1 aromatic heterocycles. The van der Waals surface area contributed by atoms with Crippen LogP contribution >= 0.6 is 0 Å². The molecule has 1 aliphatic carbocycles. The van der Waals surface area contributed by atoms with Crippen molar-refractivity contribution in [3.05, 3.63) is 42.1 Å². The Morgan fingerprint density at radius 1 is 1.28 bits per heavy atom. The van der Waals surface area contributed by atoms with E-state index in [0.717, 1.165) is 30.8 Å². The largest absolute Gasteiger partial charge is 0.486 e. The summed E-state index contributed by atoms with van der Waals surface area (Å²) < 4.78 is 17.2. The van der Waals surface area contributed by atoms with Crippen molar-refractivity contribution in [1.82, 2.24) is 9.88 Å². The number of amides is 1. The minimum Gasteiger partial charge on any atom is -0.486 e. The van der Waals surface area contributed by atoms with Crippen molar-refractivity contribution in [3.63, 3.8) is 0 Å². The van der Waals surface area contributed by atoms with E-state index in [-0.39, 0.29) is 12.0 Å². The van der Waals surface area contributed by atoms with Gasteiger partial charge in [-0.3, -0.25) is 4.79 Å². The van der Waals surface area contributed by atoms with Crippen LogP contribution in [0.25, 0.3) is 0 Å². The van der Waals surface area contributed by atoms with Crippen LogP contribution in [0.3, 0.4) is 0 Å². The van der Waals surface area contributed by atoms with Crippen molar-refractivity contribution < 1.29 is 18.7 Å². The summed E-state index contributed by atoms with van der Waals surface area (Å²) in [5.41, 5.74) is 0.382. The molecule has 1 unspecified atom stereocenters. The molecule has 1 aromatic carbocycles. The van der Waals surface area contributed by atoms with Gasteiger partial charge in [-0.25, -0.2) is 4.98 Å². The molecule has 6 heteroatoms. The zero-order valence-electron chi connectivity index (χ0n) is 14.3. The Hall–Kier alpha value is -2.50. The number of aromatic nitrogens is 1. The molecule has 25 heavy (non-hydrogen) atoms. The molecule has 0 spiro atoms. The van der Waals surface area contributed by atoms with E-state index in [2.05, 4.69) is 4.98 Å². The standard InChI is InChI=1S/C19H22N2O4/c1-2-9-21(19(22)15-12-24-18(20-15)13-7-8-13)10-14-11-23-16-5-3-4-6-17(16)25-14/h3-6,12-14H,2,7-11H2,1H3. The Bertz CT molecular complexity index is 753. The molecular weight excluding hydrogens is 320 g/mol. The minimum absolute atomic E-state index is 0.111. The second-order valence-electron chi connectivity index (χ2n) is 6.59. The molecule has 4 rings (SSSR count). The predicted molar refractivity (Wildman–Crippen MR) is 91.0 cm³/mol. The molecule has 1 aliphatic heterocycles. The number of carbonyl (C=O) groups is 1. The number of para-hydroxylation sites is 2. The van der Waals surface area contributed by atoms with E-state index in [9.17, 15) is 4.79 Å². The first kappa shape index (κ1) is 16.0. The number of rotatable bonds is 6. The number of hydrogen-bond donors (Lipinski definition) is 0. The third-order valence-electron chi connectivity index (χ3n) is 4.44. The predicted octanol–water partition coefficient (Wildman–Crippen LogP) is 3.24. The molecular formula is C19H22N2O4. The van der Waals surface area contributed by atoms with Crippen molar-refractivity contribution >= 4 is 5.91 Å².